The van der Waals surface area contributed by atoms with Crippen LogP contribution in [0.1, 0.15) is 67.7 Å². The van der Waals surface area contributed by atoms with Crippen LogP contribution >= 0.6 is 0 Å². The largest absolute Gasteiger partial charge is 0.450 e. The molecule has 0 aromatic heterocycles. The minimum Gasteiger partial charge on any atom is -0.450 e. The van der Waals surface area contributed by atoms with Crippen molar-refractivity contribution in [1.82, 2.24) is 16.0 Å². The number of Topliss-reactive ketones (excluding diaryl/α,β-unsaturated/α-hetero) is 2. The van der Waals surface area contributed by atoms with Gasteiger partial charge in [0, 0.05) is 20.4 Å². The van der Waals surface area contributed by atoms with Gasteiger partial charge in [0.15, 0.2) is 11.6 Å². The van der Waals surface area contributed by atoms with Crippen LogP contribution in [0.5, 0.6) is 0 Å². The van der Waals surface area contributed by atoms with Gasteiger partial charge in [0.25, 0.3) is 0 Å². The second kappa shape index (κ2) is 15.8. The molecule has 10 heteroatoms. The molecular weight excluding hydrogens is 478 g/mol. The zero-order valence-electron chi connectivity index (χ0n) is 23.9. The molecule has 4 atom stereocenters. The molecule has 9 nitrogen and oxygen atoms in total. The number of alkyl carbamates (subject to hydrolysis) is 1. The molecule has 0 aliphatic rings. The summed E-state index contributed by atoms with van der Waals surface area (Å²) in [6, 6.07) is -1.44. The Labute approximate surface area is 218 Å². The fraction of sp³-hybridized carbons (Fsp3) is 0.808. The topological polar surface area (TPSA) is 131 Å². The number of rotatable bonds is 16. The van der Waals surface area contributed by atoms with Crippen LogP contribution in [0, 0.1) is 17.8 Å². The van der Waals surface area contributed by atoms with Crippen LogP contribution in [-0.2, 0) is 23.9 Å². The molecule has 0 fully saturated rings. The van der Waals surface area contributed by atoms with Crippen LogP contribution in [0.3, 0.4) is 0 Å². The van der Waals surface area contributed by atoms with Crippen LogP contribution in [0.15, 0.2) is 0 Å². The Morgan fingerprint density at radius 3 is 1.72 bits per heavy atom. The van der Waals surface area contributed by atoms with Gasteiger partial charge in [-0.05, 0) is 44.6 Å². The molecule has 0 rings (SSSR count). The molecule has 3 N–H and O–H groups in total. The van der Waals surface area contributed by atoms with Gasteiger partial charge in [0.05, 0.1) is 18.7 Å². The van der Waals surface area contributed by atoms with Gasteiger partial charge in [-0.1, -0.05) is 54.3 Å². The number of carbonyl (C=O) groups excluding carboxylic acids is 5. The van der Waals surface area contributed by atoms with Crippen molar-refractivity contribution in [2.75, 3.05) is 6.61 Å². The molecule has 0 spiro atoms. The summed E-state index contributed by atoms with van der Waals surface area (Å²) in [5.41, 5.74) is 0. The highest BCUT2D eigenvalue weighted by Crippen LogP contribution is 2.14. The van der Waals surface area contributed by atoms with E-state index in [-0.39, 0.29) is 35.7 Å². The fourth-order valence-corrected chi connectivity index (χ4v) is 4.14. The Balaban J connectivity index is 5.03. The second-order valence-electron chi connectivity index (χ2n) is 11.9. The molecule has 0 radical (unpaired) electrons. The minimum atomic E-state index is -1.35. The van der Waals surface area contributed by atoms with Crippen molar-refractivity contribution in [1.29, 1.82) is 0 Å². The third-order valence-electron chi connectivity index (χ3n) is 5.69. The summed E-state index contributed by atoms with van der Waals surface area (Å²) in [5, 5.41) is 7.98. The lowest BCUT2D eigenvalue weighted by molar-refractivity contribution is -0.133. The molecule has 0 aromatic carbocycles. The van der Waals surface area contributed by atoms with Gasteiger partial charge in [-0.15, -0.1) is 0 Å². The average molecular weight is 528 g/mol. The third-order valence-corrected chi connectivity index (χ3v) is 7.40. The highest BCUT2D eigenvalue weighted by molar-refractivity contribution is 6.76. The van der Waals surface area contributed by atoms with E-state index >= 15 is 0 Å². The molecule has 0 unspecified atom stereocenters. The highest BCUT2D eigenvalue weighted by atomic mass is 28.3. The standard InChI is InChI=1S/C26H49N3O6Si/c1-16(2)13-21(20(7)30)28-24(32)18(5)15-23(31)22(14-17(3)4)29-25(33)19(6)27-26(34)35-11-12-36(8,9)10/h16-19,21-22H,11-15H2,1-10H3,(H,27,34)(H,28,32)(H,29,33)/t18-,19+,21+,22+/m1/s1. The minimum absolute atomic E-state index is 0.0731. The van der Waals surface area contributed by atoms with Crippen molar-refractivity contribution in [2.45, 2.75) is 112 Å². The Morgan fingerprint density at radius 1 is 0.750 bits per heavy atom. The first kappa shape index (κ1) is 33.8. The zero-order chi connectivity index (χ0) is 28.2. The van der Waals surface area contributed by atoms with Gasteiger partial charge in [-0.2, -0.15) is 0 Å². The van der Waals surface area contributed by atoms with E-state index in [0.29, 0.717) is 19.4 Å². The van der Waals surface area contributed by atoms with Gasteiger partial charge >= 0.3 is 6.09 Å². The van der Waals surface area contributed by atoms with E-state index < -0.39 is 44.1 Å². The maximum absolute atomic E-state index is 13.0. The Bertz CT molecular complexity index is 763. The number of nitrogens with one attached hydrogen (secondary N) is 3. The van der Waals surface area contributed by atoms with Gasteiger partial charge in [0.1, 0.15) is 6.04 Å². The number of ketones is 2. The van der Waals surface area contributed by atoms with Crippen LogP contribution in [0.2, 0.25) is 25.7 Å². The summed E-state index contributed by atoms with van der Waals surface area (Å²) in [6.07, 6.45) is 0.181. The van der Waals surface area contributed by atoms with Crippen molar-refractivity contribution >= 4 is 37.5 Å². The molecule has 0 saturated carbocycles. The molecular formula is C26H49N3O6Si. The van der Waals surface area contributed by atoms with Crippen LogP contribution in [-0.4, -0.2) is 62.3 Å². The van der Waals surface area contributed by atoms with Crippen molar-refractivity contribution < 1.29 is 28.7 Å². The highest BCUT2D eigenvalue weighted by Gasteiger charge is 2.29. The summed E-state index contributed by atoms with van der Waals surface area (Å²) >= 11 is 0. The van der Waals surface area contributed by atoms with E-state index in [2.05, 4.69) is 35.6 Å². The number of ether oxygens (including phenoxy) is 1. The Hall–Kier alpha value is -2.23. The summed E-state index contributed by atoms with van der Waals surface area (Å²) in [6.45, 7) is 19.2. The lowest BCUT2D eigenvalue weighted by atomic mass is 9.93. The summed E-state index contributed by atoms with van der Waals surface area (Å²) in [5.74, 6) is -1.57. The molecule has 0 aromatic rings. The van der Waals surface area contributed by atoms with E-state index in [9.17, 15) is 24.0 Å². The first-order chi connectivity index (χ1) is 16.4. The first-order valence-corrected chi connectivity index (χ1v) is 16.7. The lowest BCUT2D eigenvalue weighted by Gasteiger charge is -2.24. The van der Waals surface area contributed by atoms with Gasteiger partial charge in [0.2, 0.25) is 11.8 Å². The molecule has 208 valence electrons. The van der Waals surface area contributed by atoms with E-state index in [4.69, 9.17) is 4.74 Å². The monoisotopic (exact) mass is 527 g/mol. The number of hydrogen-bond acceptors (Lipinski definition) is 6. The van der Waals surface area contributed by atoms with Gasteiger partial charge < -0.3 is 20.7 Å². The third kappa shape index (κ3) is 15.0. The predicted molar refractivity (Wildman–Crippen MR) is 144 cm³/mol. The maximum Gasteiger partial charge on any atom is 0.407 e. The van der Waals surface area contributed by atoms with E-state index in [1.807, 2.05) is 27.7 Å². The lowest BCUT2D eigenvalue weighted by Crippen LogP contribution is -2.51. The van der Waals surface area contributed by atoms with Crippen molar-refractivity contribution in [3.63, 3.8) is 0 Å². The van der Waals surface area contributed by atoms with Gasteiger partial charge in [-0.25, -0.2) is 4.79 Å². The Kier molecular flexibility index (Phi) is 14.8. The molecule has 0 aliphatic carbocycles. The smallest absolute Gasteiger partial charge is 0.407 e. The van der Waals surface area contributed by atoms with Crippen LogP contribution in [0.4, 0.5) is 4.79 Å². The number of amides is 3. The van der Waals surface area contributed by atoms with E-state index in [1.54, 1.807) is 6.92 Å². The summed E-state index contributed by atoms with van der Waals surface area (Å²) < 4.78 is 5.18. The van der Waals surface area contributed by atoms with Crippen LogP contribution in [0.25, 0.3) is 0 Å². The maximum atomic E-state index is 13.0. The van der Waals surface area contributed by atoms with E-state index in [1.165, 1.54) is 13.8 Å². The number of carbonyl (C=O) groups is 5. The SMILES string of the molecule is CC(=O)[C@H](CC(C)C)NC(=O)[C@H](C)CC(=O)[C@H](CC(C)C)NC(=O)[C@H](C)NC(=O)OCC[Si](C)(C)C. The molecule has 0 aliphatic heterocycles. The van der Waals surface area contributed by atoms with Gasteiger partial charge in [-0.3, -0.25) is 19.2 Å². The quantitative estimate of drug-likeness (QED) is 0.262. The molecule has 0 saturated heterocycles. The second-order valence-corrected chi connectivity index (χ2v) is 17.5. The van der Waals surface area contributed by atoms with E-state index in [0.717, 1.165) is 6.04 Å². The first-order valence-electron chi connectivity index (χ1n) is 13.0. The number of hydrogen-bond donors (Lipinski definition) is 3. The average Bonchev–Trinajstić information content (AvgIpc) is 2.70. The molecule has 3 amide bonds. The Morgan fingerprint density at radius 2 is 1.25 bits per heavy atom. The zero-order valence-corrected chi connectivity index (χ0v) is 24.9. The summed E-state index contributed by atoms with van der Waals surface area (Å²) in [4.78, 5) is 62.3. The molecule has 0 heterocycles. The fourth-order valence-electron chi connectivity index (χ4n) is 3.42. The molecule has 0 bridgehead atoms. The van der Waals surface area contributed by atoms with Crippen molar-refractivity contribution in [3.8, 4) is 0 Å². The summed E-state index contributed by atoms with van der Waals surface area (Å²) in [7, 11) is -1.35. The molecule has 36 heavy (non-hydrogen) atoms. The van der Waals surface area contributed by atoms with Crippen molar-refractivity contribution in [3.05, 3.63) is 0 Å². The van der Waals surface area contributed by atoms with Crippen molar-refractivity contribution in [2.24, 2.45) is 17.8 Å². The predicted octanol–water partition coefficient (Wildman–Crippen LogP) is 3.69. The normalized spacial score (nSPS) is 15.0. The van der Waals surface area contributed by atoms with Crippen LogP contribution < -0.4 is 16.0 Å².